The normalized spacial score (nSPS) is 18.1. The van der Waals surface area contributed by atoms with E-state index in [4.69, 9.17) is 0 Å². The van der Waals surface area contributed by atoms with Gasteiger partial charge < -0.3 is 5.11 Å². The van der Waals surface area contributed by atoms with Gasteiger partial charge in [-0.05, 0) is 56.3 Å². The summed E-state index contributed by atoms with van der Waals surface area (Å²) in [5.41, 5.74) is 1.32. The van der Waals surface area contributed by atoms with Crippen molar-refractivity contribution >= 4 is 0 Å². The van der Waals surface area contributed by atoms with Crippen molar-refractivity contribution in [1.82, 2.24) is 4.90 Å². The molecule has 0 aliphatic heterocycles. The first-order chi connectivity index (χ1) is 9.58. The highest BCUT2D eigenvalue weighted by Crippen LogP contribution is 2.32. The average Bonchev–Trinajstić information content (AvgIpc) is 2.93. The summed E-state index contributed by atoms with van der Waals surface area (Å²) >= 11 is 0. The second-order valence-corrected chi connectivity index (χ2v) is 6.63. The molecule has 1 unspecified atom stereocenters. The number of benzene rings is 1. The van der Waals surface area contributed by atoms with Gasteiger partial charge in [0.15, 0.2) is 0 Å². The number of rotatable bonds is 6. The number of hydrogen-bond acceptors (Lipinski definition) is 2. The van der Waals surface area contributed by atoms with E-state index in [0.29, 0.717) is 11.8 Å². The molecule has 0 radical (unpaired) electrons. The van der Waals surface area contributed by atoms with Crippen molar-refractivity contribution in [1.29, 1.82) is 0 Å². The maximum Gasteiger partial charge on any atom is 0.115 e. The van der Waals surface area contributed by atoms with Crippen LogP contribution in [0.5, 0.6) is 5.75 Å². The van der Waals surface area contributed by atoms with Gasteiger partial charge in [0.05, 0.1) is 0 Å². The van der Waals surface area contributed by atoms with E-state index in [-0.39, 0.29) is 0 Å². The molecular weight excluding hydrogens is 246 g/mol. The van der Waals surface area contributed by atoms with E-state index in [1.165, 1.54) is 44.2 Å². The Balaban J connectivity index is 2.09. The molecule has 1 N–H and O–H groups in total. The fourth-order valence-corrected chi connectivity index (χ4v) is 3.28. The molecule has 1 atom stereocenters. The minimum atomic E-state index is 0.357. The number of hydrogen-bond donors (Lipinski definition) is 1. The Bertz CT molecular complexity index is 392. The van der Waals surface area contributed by atoms with Gasteiger partial charge in [0.1, 0.15) is 5.75 Å². The Morgan fingerprint density at radius 1 is 1.10 bits per heavy atom. The van der Waals surface area contributed by atoms with E-state index in [1.54, 1.807) is 12.1 Å². The van der Waals surface area contributed by atoms with E-state index in [2.05, 4.69) is 37.8 Å². The zero-order valence-electron chi connectivity index (χ0n) is 13.2. The number of aromatic hydroxyl groups is 1. The van der Waals surface area contributed by atoms with E-state index in [0.717, 1.165) is 12.0 Å². The maximum absolute atomic E-state index is 9.45. The van der Waals surface area contributed by atoms with Gasteiger partial charge >= 0.3 is 0 Å². The molecule has 0 aromatic heterocycles. The minimum Gasteiger partial charge on any atom is -0.508 e. The standard InChI is InChI=1S/C18H29NO/c1-14(2)12-13-19(17-6-4-5-7-17)15(3)16-8-10-18(20)11-9-16/h8-11,14-15,17,20H,4-7,12-13H2,1-3H3. The third-order valence-electron chi connectivity index (χ3n) is 4.63. The molecule has 0 spiro atoms. The molecule has 1 saturated carbocycles. The third kappa shape index (κ3) is 3.99. The molecular formula is C18H29NO. The van der Waals surface area contributed by atoms with Gasteiger partial charge in [0, 0.05) is 12.1 Å². The lowest BCUT2D eigenvalue weighted by molar-refractivity contribution is 0.137. The topological polar surface area (TPSA) is 23.5 Å². The van der Waals surface area contributed by atoms with Gasteiger partial charge in [-0.3, -0.25) is 4.90 Å². The van der Waals surface area contributed by atoms with Crippen molar-refractivity contribution in [3.05, 3.63) is 29.8 Å². The predicted octanol–water partition coefficient (Wildman–Crippen LogP) is 4.74. The van der Waals surface area contributed by atoms with Crippen molar-refractivity contribution in [2.75, 3.05) is 6.54 Å². The lowest BCUT2D eigenvalue weighted by Crippen LogP contribution is -2.36. The Labute approximate surface area is 123 Å². The van der Waals surface area contributed by atoms with Crippen molar-refractivity contribution in [3.63, 3.8) is 0 Å². The summed E-state index contributed by atoms with van der Waals surface area (Å²) in [6.45, 7) is 8.10. The second-order valence-electron chi connectivity index (χ2n) is 6.63. The first-order valence-electron chi connectivity index (χ1n) is 8.12. The lowest BCUT2D eigenvalue weighted by atomic mass is 10.0. The lowest BCUT2D eigenvalue weighted by Gasteiger charge is -2.35. The van der Waals surface area contributed by atoms with Crippen LogP contribution in [0.25, 0.3) is 0 Å². The molecule has 2 heteroatoms. The highest BCUT2D eigenvalue weighted by Gasteiger charge is 2.27. The van der Waals surface area contributed by atoms with Gasteiger partial charge in [0.25, 0.3) is 0 Å². The van der Waals surface area contributed by atoms with Crippen LogP contribution in [0.15, 0.2) is 24.3 Å². The Morgan fingerprint density at radius 3 is 2.25 bits per heavy atom. The fraction of sp³-hybridized carbons (Fsp3) is 0.667. The van der Waals surface area contributed by atoms with Crippen LogP contribution in [0.3, 0.4) is 0 Å². The Hall–Kier alpha value is -1.02. The molecule has 1 aromatic rings. The smallest absolute Gasteiger partial charge is 0.115 e. The van der Waals surface area contributed by atoms with E-state index >= 15 is 0 Å². The Morgan fingerprint density at radius 2 is 1.70 bits per heavy atom. The van der Waals surface area contributed by atoms with Crippen LogP contribution in [-0.2, 0) is 0 Å². The van der Waals surface area contributed by atoms with Gasteiger partial charge in [0.2, 0.25) is 0 Å². The SMILES string of the molecule is CC(C)CCN(C1CCCC1)C(C)c1ccc(O)cc1. The molecule has 1 aliphatic rings. The van der Waals surface area contributed by atoms with E-state index < -0.39 is 0 Å². The summed E-state index contributed by atoms with van der Waals surface area (Å²) < 4.78 is 0. The molecule has 0 bridgehead atoms. The summed E-state index contributed by atoms with van der Waals surface area (Å²) in [6, 6.07) is 8.94. The van der Waals surface area contributed by atoms with Gasteiger partial charge in [-0.1, -0.05) is 38.8 Å². The van der Waals surface area contributed by atoms with Crippen molar-refractivity contribution in [2.45, 2.75) is 65.0 Å². The molecule has 2 rings (SSSR count). The second kappa shape index (κ2) is 7.12. The molecule has 20 heavy (non-hydrogen) atoms. The van der Waals surface area contributed by atoms with Crippen LogP contribution in [0.4, 0.5) is 0 Å². The highest BCUT2D eigenvalue weighted by atomic mass is 16.3. The number of phenols is 1. The maximum atomic E-state index is 9.45. The van der Waals surface area contributed by atoms with Crippen LogP contribution in [-0.4, -0.2) is 22.6 Å². The summed E-state index contributed by atoms with van der Waals surface area (Å²) in [5.74, 6) is 1.11. The largest absolute Gasteiger partial charge is 0.508 e. The van der Waals surface area contributed by atoms with Crippen molar-refractivity contribution < 1.29 is 5.11 Å². The molecule has 0 heterocycles. The van der Waals surface area contributed by atoms with Crippen molar-refractivity contribution in [2.24, 2.45) is 5.92 Å². The van der Waals surface area contributed by atoms with E-state index in [9.17, 15) is 5.11 Å². The summed E-state index contributed by atoms with van der Waals surface area (Å²) in [7, 11) is 0. The van der Waals surface area contributed by atoms with Crippen LogP contribution in [0, 0.1) is 5.92 Å². The number of phenolic OH excluding ortho intramolecular Hbond substituents is 1. The molecule has 0 amide bonds. The summed E-state index contributed by atoms with van der Waals surface area (Å²) in [6.07, 6.45) is 6.72. The average molecular weight is 275 g/mol. The molecule has 1 aromatic carbocycles. The summed E-state index contributed by atoms with van der Waals surface area (Å²) in [5, 5.41) is 9.45. The van der Waals surface area contributed by atoms with Gasteiger partial charge in [-0.2, -0.15) is 0 Å². The molecule has 112 valence electrons. The number of nitrogens with zero attached hydrogens (tertiary/aromatic N) is 1. The minimum absolute atomic E-state index is 0.357. The summed E-state index contributed by atoms with van der Waals surface area (Å²) in [4.78, 5) is 2.69. The molecule has 1 fully saturated rings. The monoisotopic (exact) mass is 275 g/mol. The van der Waals surface area contributed by atoms with E-state index in [1.807, 2.05) is 0 Å². The van der Waals surface area contributed by atoms with Gasteiger partial charge in [-0.15, -0.1) is 0 Å². The van der Waals surface area contributed by atoms with Crippen LogP contribution >= 0.6 is 0 Å². The predicted molar refractivity (Wildman–Crippen MR) is 84.9 cm³/mol. The molecule has 2 nitrogen and oxygen atoms in total. The fourth-order valence-electron chi connectivity index (χ4n) is 3.28. The van der Waals surface area contributed by atoms with Crippen molar-refractivity contribution in [3.8, 4) is 5.75 Å². The first-order valence-corrected chi connectivity index (χ1v) is 8.12. The highest BCUT2D eigenvalue weighted by molar-refractivity contribution is 5.27. The Kier molecular flexibility index (Phi) is 5.47. The molecule has 1 aliphatic carbocycles. The zero-order valence-corrected chi connectivity index (χ0v) is 13.2. The third-order valence-corrected chi connectivity index (χ3v) is 4.63. The van der Waals surface area contributed by atoms with Crippen LogP contribution in [0.1, 0.15) is 64.5 Å². The molecule has 0 saturated heterocycles. The van der Waals surface area contributed by atoms with Crippen LogP contribution < -0.4 is 0 Å². The zero-order chi connectivity index (χ0) is 14.5. The first kappa shape index (κ1) is 15.4. The van der Waals surface area contributed by atoms with Gasteiger partial charge in [-0.25, -0.2) is 0 Å². The quantitative estimate of drug-likeness (QED) is 0.810. The van der Waals surface area contributed by atoms with Crippen LogP contribution in [0.2, 0.25) is 0 Å².